The van der Waals surface area contributed by atoms with Crippen molar-refractivity contribution >= 4 is 30.6 Å². The second-order valence-electron chi connectivity index (χ2n) is 2.93. The van der Waals surface area contributed by atoms with Gasteiger partial charge in [-0.1, -0.05) is 6.07 Å². The van der Waals surface area contributed by atoms with E-state index in [4.69, 9.17) is 15.9 Å². The first-order valence-corrected chi connectivity index (χ1v) is 6.30. The molecule has 0 aliphatic heterocycles. The van der Waals surface area contributed by atoms with Crippen molar-refractivity contribution in [3.63, 3.8) is 0 Å². The second-order valence-corrected chi connectivity index (χ2v) is 5.47. The van der Waals surface area contributed by atoms with Crippen LogP contribution >= 0.6 is 10.7 Å². The summed E-state index contributed by atoms with van der Waals surface area (Å²) in [5.74, 6) is 0. The van der Waals surface area contributed by atoms with Gasteiger partial charge in [0, 0.05) is 27.8 Å². The van der Waals surface area contributed by atoms with Gasteiger partial charge >= 0.3 is 0 Å². The fraction of sp³-hybridized carbons (Fsp3) is 0. The number of nitrogens with zero attached hydrogens (tertiary/aromatic N) is 1. The van der Waals surface area contributed by atoms with Crippen LogP contribution in [0.3, 0.4) is 0 Å². The van der Waals surface area contributed by atoms with E-state index in [-0.39, 0.29) is 10.5 Å². The average molecular weight is 241 g/mol. The quantitative estimate of drug-likeness (QED) is 0.775. The number of fused-ring (bicyclic) bond motifs is 1. The lowest BCUT2D eigenvalue weighted by Crippen LogP contribution is -1.89. The van der Waals surface area contributed by atoms with Crippen LogP contribution in [0.2, 0.25) is 0 Å². The highest BCUT2D eigenvalue weighted by Gasteiger charge is 2.18. The van der Waals surface area contributed by atoms with Gasteiger partial charge in [0.25, 0.3) is 9.05 Å². The van der Waals surface area contributed by atoms with E-state index in [0.717, 1.165) is 0 Å². The van der Waals surface area contributed by atoms with Gasteiger partial charge in [-0.15, -0.1) is 0 Å². The van der Waals surface area contributed by atoms with E-state index in [1.165, 1.54) is 6.20 Å². The summed E-state index contributed by atoms with van der Waals surface area (Å²) in [5.41, 5.74) is 0.862. The van der Waals surface area contributed by atoms with Crippen LogP contribution in [0.5, 0.6) is 0 Å². The summed E-state index contributed by atoms with van der Waals surface area (Å²) in [6.45, 7) is 0. The third-order valence-corrected chi connectivity index (χ3v) is 3.40. The molecule has 0 saturated heterocycles. The molecule has 0 aliphatic rings. The van der Waals surface area contributed by atoms with E-state index in [1.807, 2.05) is 6.07 Å². The Hall–Kier alpha value is -1.51. The number of aromatic amines is 1. The Balaban J connectivity index is 2.97. The molecule has 2 aromatic rings. The Kier molecular flexibility index (Phi) is 2.18. The van der Waals surface area contributed by atoms with Crippen LogP contribution in [0.25, 0.3) is 10.9 Å². The molecule has 1 aromatic carbocycles. The molecule has 1 N–H and O–H groups in total. The molecule has 0 saturated carbocycles. The maximum Gasteiger partial charge on any atom is 0.263 e. The molecule has 15 heavy (non-hydrogen) atoms. The number of hydrogen-bond acceptors (Lipinski definition) is 3. The summed E-state index contributed by atoms with van der Waals surface area (Å²) < 4.78 is 22.4. The lowest BCUT2D eigenvalue weighted by Gasteiger charge is -1.95. The van der Waals surface area contributed by atoms with Crippen molar-refractivity contribution in [2.24, 2.45) is 0 Å². The van der Waals surface area contributed by atoms with E-state index < -0.39 is 9.05 Å². The topological polar surface area (TPSA) is 73.7 Å². The number of nitrogens with one attached hydrogen (secondary N) is 1. The van der Waals surface area contributed by atoms with Crippen molar-refractivity contribution in [1.82, 2.24) is 4.98 Å². The van der Waals surface area contributed by atoms with Gasteiger partial charge in [0.15, 0.2) is 0 Å². The summed E-state index contributed by atoms with van der Waals surface area (Å²) in [4.78, 5) is 2.70. The number of halogens is 1. The molecular formula is C9H5ClN2O2S. The first-order chi connectivity index (χ1) is 7.04. The van der Waals surface area contributed by atoms with Crippen LogP contribution in [0.15, 0.2) is 29.3 Å². The molecule has 4 nitrogen and oxygen atoms in total. The lowest BCUT2D eigenvalue weighted by molar-refractivity contribution is 0.610. The fourth-order valence-electron chi connectivity index (χ4n) is 1.44. The van der Waals surface area contributed by atoms with Crippen LogP contribution in [0.1, 0.15) is 5.56 Å². The van der Waals surface area contributed by atoms with Crippen molar-refractivity contribution < 1.29 is 8.42 Å². The molecule has 1 heterocycles. The minimum absolute atomic E-state index is 0.0590. The lowest BCUT2D eigenvalue weighted by atomic mass is 10.1. The third kappa shape index (κ3) is 1.58. The van der Waals surface area contributed by atoms with E-state index in [1.54, 1.807) is 18.2 Å². The number of aromatic nitrogens is 1. The van der Waals surface area contributed by atoms with Gasteiger partial charge in [0.1, 0.15) is 4.90 Å². The zero-order valence-electron chi connectivity index (χ0n) is 7.36. The maximum absolute atomic E-state index is 11.2. The molecule has 1 aromatic heterocycles. The molecule has 0 bridgehead atoms. The number of hydrogen-bond donors (Lipinski definition) is 1. The van der Waals surface area contributed by atoms with Gasteiger partial charge < -0.3 is 4.98 Å². The predicted octanol–water partition coefficient (Wildman–Crippen LogP) is 1.97. The van der Waals surface area contributed by atoms with Crippen LogP contribution < -0.4 is 0 Å². The smallest absolute Gasteiger partial charge is 0.263 e. The van der Waals surface area contributed by atoms with Crippen LogP contribution in [0, 0.1) is 11.3 Å². The first-order valence-electron chi connectivity index (χ1n) is 3.99. The molecular weight excluding hydrogens is 236 g/mol. The average Bonchev–Trinajstić information content (AvgIpc) is 2.59. The van der Waals surface area contributed by atoms with E-state index in [0.29, 0.717) is 10.9 Å². The number of rotatable bonds is 1. The summed E-state index contributed by atoms with van der Waals surface area (Å²) in [6, 6.07) is 6.82. The van der Waals surface area contributed by atoms with Crippen LogP contribution in [-0.2, 0) is 9.05 Å². The van der Waals surface area contributed by atoms with Gasteiger partial charge in [-0.05, 0) is 12.1 Å². The van der Waals surface area contributed by atoms with Gasteiger partial charge in [0.2, 0.25) is 0 Å². The number of benzene rings is 1. The molecule has 0 spiro atoms. The highest BCUT2D eigenvalue weighted by Crippen LogP contribution is 2.28. The second kappa shape index (κ2) is 3.26. The van der Waals surface area contributed by atoms with E-state index in [9.17, 15) is 8.42 Å². The number of H-pyrrole nitrogens is 1. The predicted molar refractivity (Wildman–Crippen MR) is 56.1 cm³/mol. The monoisotopic (exact) mass is 240 g/mol. The Bertz CT molecular complexity index is 667. The Morgan fingerprint density at radius 2 is 2.13 bits per heavy atom. The minimum atomic E-state index is -3.83. The van der Waals surface area contributed by atoms with Crippen molar-refractivity contribution in [1.29, 1.82) is 5.26 Å². The van der Waals surface area contributed by atoms with E-state index >= 15 is 0 Å². The largest absolute Gasteiger partial charge is 0.360 e. The zero-order chi connectivity index (χ0) is 11.1. The van der Waals surface area contributed by atoms with Crippen LogP contribution in [-0.4, -0.2) is 13.4 Å². The van der Waals surface area contributed by atoms with Gasteiger partial charge in [-0.3, -0.25) is 0 Å². The van der Waals surface area contributed by atoms with Crippen molar-refractivity contribution in [2.45, 2.75) is 4.90 Å². The maximum atomic E-state index is 11.2. The molecule has 0 unspecified atom stereocenters. The molecule has 76 valence electrons. The van der Waals surface area contributed by atoms with Gasteiger partial charge in [-0.25, -0.2) is 8.42 Å². The highest BCUT2D eigenvalue weighted by molar-refractivity contribution is 8.14. The fourth-order valence-corrected chi connectivity index (χ4v) is 2.47. The summed E-state index contributed by atoms with van der Waals surface area (Å²) in [7, 11) is 1.42. The summed E-state index contributed by atoms with van der Waals surface area (Å²) in [5, 5.41) is 9.18. The normalized spacial score (nSPS) is 11.5. The van der Waals surface area contributed by atoms with Crippen molar-refractivity contribution in [3.05, 3.63) is 30.0 Å². The third-order valence-electron chi connectivity index (χ3n) is 2.05. The molecule has 0 radical (unpaired) electrons. The molecule has 0 fully saturated rings. The van der Waals surface area contributed by atoms with Gasteiger partial charge in [0.05, 0.1) is 11.6 Å². The molecule has 2 rings (SSSR count). The Morgan fingerprint density at radius 3 is 2.73 bits per heavy atom. The van der Waals surface area contributed by atoms with Crippen molar-refractivity contribution in [3.8, 4) is 6.07 Å². The Morgan fingerprint density at radius 1 is 1.40 bits per heavy atom. The SMILES string of the molecule is N#Cc1cccc2[nH]cc(S(=O)(=O)Cl)c12. The molecule has 0 aliphatic carbocycles. The Labute approximate surface area is 90.5 Å². The van der Waals surface area contributed by atoms with Crippen molar-refractivity contribution in [2.75, 3.05) is 0 Å². The number of nitriles is 1. The molecule has 0 atom stereocenters. The van der Waals surface area contributed by atoms with Crippen LogP contribution in [0.4, 0.5) is 0 Å². The van der Waals surface area contributed by atoms with Gasteiger partial charge in [-0.2, -0.15) is 5.26 Å². The summed E-state index contributed by atoms with van der Waals surface area (Å²) in [6.07, 6.45) is 1.29. The first kappa shape index (κ1) is 10.0. The summed E-state index contributed by atoms with van der Waals surface area (Å²) >= 11 is 0. The molecule has 0 amide bonds. The minimum Gasteiger partial charge on any atom is -0.360 e. The highest BCUT2D eigenvalue weighted by atomic mass is 35.7. The standard InChI is InChI=1S/C9H5ClN2O2S/c10-15(13,14)8-5-12-7-3-1-2-6(4-11)9(7)8/h1-3,5,12H. The zero-order valence-corrected chi connectivity index (χ0v) is 8.93. The van der Waals surface area contributed by atoms with E-state index in [2.05, 4.69) is 4.98 Å². The molecule has 6 heteroatoms.